The van der Waals surface area contributed by atoms with Crippen molar-refractivity contribution in [1.29, 1.82) is 0 Å². The zero-order valence-electron chi connectivity index (χ0n) is 17.7. The molecular formula is C26H24N6. The minimum absolute atomic E-state index is 0.115. The zero-order chi connectivity index (χ0) is 21.7. The quantitative estimate of drug-likeness (QED) is 0.520. The molecule has 0 radical (unpaired) electrons. The molecule has 1 atom stereocenters. The highest BCUT2D eigenvalue weighted by Gasteiger charge is 2.24. The summed E-state index contributed by atoms with van der Waals surface area (Å²) in [7, 11) is 0. The number of hydrogen-bond acceptors (Lipinski definition) is 5. The Morgan fingerprint density at radius 2 is 1.84 bits per heavy atom. The van der Waals surface area contributed by atoms with Crippen LogP contribution in [0.4, 0.5) is 0 Å². The molecule has 2 aliphatic rings. The first-order valence-electron chi connectivity index (χ1n) is 11.0. The standard InChI is InChI=1S/C26H24N6/c27-21-11-8-17-15-18(9-10-19(17)21)32-25(20-7-4-14-29-24(20)28)31-23-13-12-22(30-26(23)32)16-5-2-1-3-6-16/h1-3,5-7,9-10,12-13,15,21H,4,8,11,14,27H2,(H2,28,29). The maximum absolute atomic E-state index is 6.30. The van der Waals surface area contributed by atoms with E-state index < -0.39 is 0 Å². The molecule has 4 N–H and O–H groups in total. The van der Waals surface area contributed by atoms with E-state index in [1.165, 1.54) is 11.1 Å². The molecular weight excluding hydrogens is 396 g/mol. The van der Waals surface area contributed by atoms with Crippen LogP contribution in [0.15, 0.2) is 71.7 Å². The Balaban J connectivity index is 1.60. The van der Waals surface area contributed by atoms with Gasteiger partial charge in [-0.25, -0.2) is 9.97 Å². The Labute approximate surface area is 186 Å². The summed E-state index contributed by atoms with van der Waals surface area (Å²) in [5, 5.41) is 0. The van der Waals surface area contributed by atoms with E-state index >= 15 is 0 Å². The van der Waals surface area contributed by atoms with Gasteiger partial charge in [0.1, 0.15) is 17.2 Å². The first kappa shape index (κ1) is 19.0. The number of aromatic nitrogens is 3. The van der Waals surface area contributed by atoms with E-state index in [-0.39, 0.29) is 6.04 Å². The predicted molar refractivity (Wildman–Crippen MR) is 129 cm³/mol. The summed E-state index contributed by atoms with van der Waals surface area (Å²) in [5.41, 5.74) is 20.6. The van der Waals surface area contributed by atoms with Crippen molar-refractivity contribution in [3.8, 4) is 16.9 Å². The minimum Gasteiger partial charge on any atom is -0.383 e. The molecule has 0 amide bonds. The van der Waals surface area contributed by atoms with Crippen molar-refractivity contribution in [2.75, 3.05) is 6.54 Å². The van der Waals surface area contributed by atoms with Gasteiger partial charge in [-0.15, -0.1) is 0 Å². The Kier molecular flexibility index (Phi) is 4.40. The number of nitrogens with two attached hydrogens (primary N) is 2. The van der Waals surface area contributed by atoms with Crippen LogP contribution in [0.2, 0.25) is 0 Å². The molecule has 1 aliphatic carbocycles. The van der Waals surface area contributed by atoms with Gasteiger partial charge in [0.15, 0.2) is 5.65 Å². The zero-order valence-corrected chi connectivity index (χ0v) is 17.7. The molecule has 6 heteroatoms. The van der Waals surface area contributed by atoms with Gasteiger partial charge in [-0.1, -0.05) is 42.5 Å². The van der Waals surface area contributed by atoms with Gasteiger partial charge in [-0.3, -0.25) is 9.56 Å². The van der Waals surface area contributed by atoms with Gasteiger partial charge in [0.05, 0.1) is 11.3 Å². The average Bonchev–Trinajstić information content (AvgIpc) is 3.39. The molecule has 0 spiro atoms. The van der Waals surface area contributed by atoms with Crippen molar-refractivity contribution in [2.45, 2.75) is 25.3 Å². The highest BCUT2D eigenvalue weighted by Crippen LogP contribution is 2.34. The molecule has 32 heavy (non-hydrogen) atoms. The van der Waals surface area contributed by atoms with Crippen molar-refractivity contribution < 1.29 is 0 Å². The lowest BCUT2D eigenvalue weighted by atomic mass is 10.1. The van der Waals surface area contributed by atoms with Gasteiger partial charge in [-0.2, -0.15) is 0 Å². The fraction of sp³-hybridized carbons (Fsp3) is 0.192. The van der Waals surface area contributed by atoms with Crippen molar-refractivity contribution in [3.63, 3.8) is 0 Å². The first-order valence-corrected chi connectivity index (χ1v) is 11.0. The number of hydrogen-bond donors (Lipinski definition) is 2. The second kappa shape index (κ2) is 7.43. The number of nitrogens with zero attached hydrogens (tertiary/aromatic N) is 4. The van der Waals surface area contributed by atoms with E-state index in [0.29, 0.717) is 12.4 Å². The maximum atomic E-state index is 6.30. The summed E-state index contributed by atoms with van der Waals surface area (Å²) >= 11 is 0. The normalized spacial score (nSPS) is 17.8. The molecule has 158 valence electrons. The molecule has 2 aromatic carbocycles. The van der Waals surface area contributed by atoms with E-state index in [9.17, 15) is 0 Å². The molecule has 4 aromatic rings. The maximum Gasteiger partial charge on any atom is 0.165 e. The third-order valence-corrected chi connectivity index (χ3v) is 6.36. The third-order valence-electron chi connectivity index (χ3n) is 6.36. The van der Waals surface area contributed by atoms with Crippen LogP contribution >= 0.6 is 0 Å². The number of benzene rings is 2. The molecule has 0 saturated carbocycles. The van der Waals surface area contributed by atoms with Crippen molar-refractivity contribution in [2.24, 2.45) is 16.5 Å². The van der Waals surface area contributed by atoms with Gasteiger partial charge in [0, 0.05) is 23.8 Å². The van der Waals surface area contributed by atoms with Crippen LogP contribution in [-0.4, -0.2) is 26.9 Å². The van der Waals surface area contributed by atoms with Gasteiger partial charge >= 0.3 is 0 Å². The van der Waals surface area contributed by atoms with Crippen LogP contribution < -0.4 is 11.5 Å². The van der Waals surface area contributed by atoms with Crippen LogP contribution in [0, 0.1) is 0 Å². The number of pyridine rings is 1. The number of rotatable bonds is 3. The Hall–Kier alpha value is -3.77. The van der Waals surface area contributed by atoms with E-state index in [0.717, 1.165) is 58.8 Å². The Morgan fingerprint density at radius 3 is 2.69 bits per heavy atom. The van der Waals surface area contributed by atoms with Gasteiger partial charge in [0.25, 0.3) is 0 Å². The number of aliphatic imine (C=N–C) groups is 1. The van der Waals surface area contributed by atoms with Gasteiger partial charge < -0.3 is 11.5 Å². The monoisotopic (exact) mass is 420 g/mol. The summed E-state index contributed by atoms with van der Waals surface area (Å²) in [4.78, 5) is 14.5. The van der Waals surface area contributed by atoms with E-state index in [4.69, 9.17) is 21.4 Å². The Morgan fingerprint density at radius 1 is 0.969 bits per heavy atom. The van der Waals surface area contributed by atoms with E-state index in [1.54, 1.807) is 0 Å². The van der Waals surface area contributed by atoms with Gasteiger partial charge in [0.2, 0.25) is 0 Å². The van der Waals surface area contributed by atoms with Crippen LogP contribution in [0.1, 0.15) is 35.8 Å². The number of amidine groups is 1. The summed E-state index contributed by atoms with van der Waals surface area (Å²) in [6.07, 6.45) is 4.95. The molecule has 3 heterocycles. The average molecular weight is 421 g/mol. The first-order chi connectivity index (χ1) is 15.7. The summed E-state index contributed by atoms with van der Waals surface area (Å²) in [6.45, 7) is 0.711. The predicted octanol–water partition coefficient (Wildman–Crippen LogP) is 4.18. The summed E-state index contributed by atoms with van der Waals surface area (Å²) < 4.78 is 2.12. The highest BCUT2D eigenvalue weighted by molar-refractivity contribution is 6.22. The largest absolute Gasteiger partial charge is 0.383 e. The number of fused-ring (bicyclic) bond motifs is 2. The SMILES string of the molecule is NC1=NCCC=C1c1nc2ccc(-c3ccccc3)nc2n1-c1ccc2c(c1)CCC2N. The van der Waals surface area contributed by atoms with Crippen LogP contribution in [0.3, 0.4) is 0 Å². The number of imidazole rings is 1. The molecule has 1 aliphatic heterocycles. The highest BCUT2D eigenvalue weighted by atomic mass is 15.1. The molecule has 2 aromatic heterocycles. The summed E-state index contributed by atoms with van der Waals surface area (Å²) in [6, 6.07) is 20.9. The molecule has 0 fully saturated rings. The number of dihydropyridines is 1. The molecule has 0 bridgehead atoms. The van der Waals surface area contributed by atoms with E-state index in [1.807, 2.05) is 30.3 Å². The van der Waals surface area contributed by atoms with Crippen molar-refractivity contribution >= 4 is 22.6 Å². The van der Waals surface area contributed by atoms with Crippen LogP contribution in [-0.2, 0) is 6.42 Å². The van der Waals surface area contributed by atoms with Crippen LogP contribution in [0.5, 0.6) is 0 Å². The lowest BCUT2D eigenvalue weighted by Gasteiger charge is -2.15. The van der Waals surface area contributed by atoms with Crippen molar-refractivity contribution in [3.05, 3.63) is 83.7 Å². The molecule has 1 unspecified atom stereocenters. The van der Waals surface area contributed by atoms with Crippen molar-refractivity contribution in [1.82, 2.24) is 14.5 Å². The smallest absolute Gasteiger partial charge is 0.165 e. The fourth-order valence-electron chi connectivity index (χ4n) is 4.72. The molecule has 6 nitrogen and oxygen atoms in total. The summed E-state index contributed by atoms with van der Waals surface area (Å²) in [5.74, 6) is 1.31. The lowest BCUT2D eigenvalue weighted by Crippen LogP contribution is -2.20. The van der Waals surface area contributed by atoms with Gasteiger partial charge in [-0.05, 0) is 54.7 Å². The lowest BCUT2D eigenvalue weighted by molar-refractivity contribution is 0.713. The Bertz CT molecular complexity index is 1400. The minimum atomic E-state index is 0.115. The second-order valence-electron chi connectivity index (χ2n) is 8.38. The number of aryl methyl sites for hydroxylation is 1. The topological polar surface area (TPSA) is 95.1 Å². The second-order valence-corrected chi connectivity index (χ2v) is 8.38. The fourth-order valence-corrected chi connectivity index (χ4v) is 4.72. The molecule has 0 saturated heterocycles. The van der Waals surface area contributed by atoms with Crippen LogP contribution in [0.25, 0.3) is 33.7 Å². The third kappa shape index (κ3) is 3.03. The molecule has 6 rings (SSSR count). The van der Waals surface area contributed by atoms with E-state index in [2.05, 4.69) is 46.0 Å².